The molecular formula is C18H20N2O2S. The van der Waals surface area contributed by atoms with Gasteiger partial charge in [0, 0.05) is 18.2 Å². The van der Waals surface area contributed by atoms with E-state index in [4.69, 9.17) is 0 Å². The first kappa shape index (κ1) is 15.7. The lowest BCUT2D eigenvalue weighted by molar-refractivity contribution is -0.122. The lowest BCUT2D eigenvalue weighted by Crippen LogP contribution is -2.28. The SMILES string of the molecule is Cc1ccsc1C(=O)NCc1cccc(NC(=O)C2CCC2)c1. The van der Waals surface area contributed by atoms with E-state index >= 15 is 0 Å². The average molecular weight is 328 g/mol. The number of hydrogen-bond donors (Lipinski definition) is 2. The molecule has 2 N–H and O–H groups in total. The average Bonchev–Trinajstić information content (AvgIpc) is 2.89. The number of carbonyl (C=O) groups excluding carboxylic acids is 2. The van der Waals surface area contributed by atoms with Crippen LogP contribution in [0.5, 0.6) is 0 Å². The van der Waals surface area contributed by atoms with Crippen LogP contribution in [0.2, 0.25) is 0 Å². The van der Waals surface area contributed by atoms with E-state index in [1.165, 1.54) is 11.3 Å². The summed E-state index contributed by atoms with van der Waals surface area (Å²) in [6.07, 6.45) is 3.12. The van der Waals surface area contributed by atoms with Crippen LogP contribution in [0.3, 0.4) is 0 Å². The van der Waals surface area contributed by atoms with Crippen molar-refractivity contribution < 1.29 is 9.59 Å². The summed E-state index contributed by atoms with van der Waals surface area (Å²) in [4.78, 5) is 24.9. The molecule has 2 amide bonds. The molecule has 0 spiro atoms. The lowest BCUT2D eigenvalue weighted by Gasteiger charge is -2.24. The number of rotatable bonds is 5. The van der Waals surface area contributed by atoms with Crippen LogP contribution in [0.4, 0.5) is 5.69 Å². The molecule has 5 heteroatoms. The first-order valence-electron chi connectivity index (χ1n) is 7.85. The van der Waals surface area contributed by atoms with Crippen LogP contribution in [0.25, 0.3) is 0 Å². The van der Waals surface area contributed by atoms with Gasteiger partial charge in [0.05, 0.1) is 4.88 Å². The standard InChI is InChI=1S/C18H20N2O2S/c1-12-8-9-23-16(12)18(22)19-11-13-4-2-7-15(10-13)20-17(21)14-5-3-6-14/h2,4,7-10,14H,3,5-6,11H2,1H3,(H,19,22)(H,20,21). The highest BCUT2D eigenvalue weighted by Crippen LogP contribution is 2.27. The molecule has 0 saturated heterocycles. The summed E-state index contributed by atoms with van der Waals surface area (Å²) in [7, 11) is 0. The Labute approximate surface area is 139 Å². The minimum absolute atomic E-state index is 0.0543. The van der Waals surface area contributed by atoms with E-state index in [9.17, 15) is 9.59 Å². The second-order valence-corrected chi connectivity index (χ2v) is 6.85. The van der Waals surface area contributed by atoms with E-state index in [1.54, 1.807) is 0 Å². The highest BCUT2D eigenvalue weighted by molar-refractivity contribution is 7.12. The Balaban J connectivity index is 1.58. The summed E-state index contributed by atoms with van der Waals surface area (Å²) in [6.45, 7) is 2.38. The molecule has 0 atom stereocenters. The fourth-order valence-electron chi connectivity index (χ4n) is 2.54. The predicted molar refractivity (Wildman–Crippen MR) is 92.6 cm³/mol. The second kappa shape index (κ2) is 6.96. The van der Waals surface area contributed by atoms with Crippen LogP contribution in [0.1, 0.15) is 40.1 Å². The molecule has 1 heterocycles. The van der Waals surface area contributed by atoms with Crippen molar-refractivity contribution in [2.75, 3.05) is 5.32 Å². The van der Waals surface area contributed by atoms with Crippen molar-refractivity contribution in [1.29, 1.82) is 0 Å². The molecule has 4 nitrogen and oxygen atoms in total. The molecule has 23 heavy (non-hydrogen) atoms. The Kier molecular flexibility index (Phi) is 4.76. The van der Waals surface area contributed by atoms with Crippen molar-refractivity contribution in [3.63, 3.8) is 0 Å². The van der Waals surface area contributed by atoms with Gasteiger partial charge in [0.25, 0.3) is 5.91 Å². The van der Waals surface area contributed by atoms with Gasteiger partial charge < -0.3 is 10.6 Å². The Morgan fingerprint density at radius 2 is 2.09 bits per heavy atom. The van der Waals surface area contributed by atoms with Gasteiger partial charge in [0.15, 0.2) is 0 Å². The van der Waals surface area contributed by atoms with E-state index in [1.807, 2.05) is 42.6 Å². The summed E-state index contributed by atoms with van der Waals surface area (Å²) in [5.41, 5.74) is 2.76. The van der Waals surface area contributed by atoms with E-state index in [0.29, 0.717) is 6.54 Å². The molecule has 0 radical (unpaired) electrons. The summed E-state index contributed by atoms with van der Waals surface area (Å²) >= 11 is 1.45. The summed E-state index contributed by atoms with van der Waals surface area (Å²) in [6, 6.07) is 9.58. The number of amides is 2. The van der Waals surface area contributed by atoms with Gasteiger partial charge in [-0.25, -0.2) is 0 Å². The van der Waals surface area contributed by atoms with Crippen molar-refractivity contribution in [2.24, 2.45) is 5.92 Å². The van der Waals surface area contributed by atoms with Gasteiger partial charge in [0.2, 0.25) is 5.91 Å². The molecule has 1 aromatic carbocycles. The zero-order chi connectivity index (χ0) is 16.2. The minimum atomic E-state index is -0.0543. The molecule has 1 aliphatic rings. The molecule has 0 bridgehead atoms. The fraction of sp³-hybridized carbons (Fsp3) is 0.333. The molecule has 0 aliphatic heterocycles. The molecule has 1 aromatic heterocycles. The van der Waals surface area contributed by atoms with Crippen molar-refractivity contribution in [1.82, 2.24) is 5.32 Å². The van der Waals surface area contributed by atoms with Gasteiger partial charge >= 0.3 is 0 Å². The third-order valence-corrected chi connectivity index (χ3v) is 5.21. The van der Waals surface area contributed by atoms with E-state index in [-0.39, 0.29) is 17.7 Å². The summed E-state index contributed by atoms with van der Waals surface area (Å²) in [5.74, 6) is 0.216. The number of benzene rings is 1. The van der Waals surface area contributed by atoms with E-state index in [2.05, 4.69) is 10.6 Å². The van der Waals surface area contributed by atoms with Crippen LogP contribution in [0, 0.1) is 12.8 Å². The second-order valence-electron chi connectivity index (χ2n) is 5.93. The number of thiophene rings is 1. The van der Waals surface area contributed by atoms with E-state index in [0.717, 1.165) is 41.0 Å². The number of nitrogens with one attached hydrogen (secondary N) is 2. The molecule has 1 saturated carbocycles. The maximum Gasteiger partial charge on any atom is 0.261 e. The van der Waals surface area contributed by atoms with Gasteiger partial charge in [-0.1, -0.05) is 18.6 Å². The zero-order valence-electron chi connectivity index (χ0n) is 13.1. The third kappa shape index (κ3) is 3.79. The maximum atomic E-state index is 12.1. The zero-order valence-corrected chi connectivity index (χ0v) is 13.9. The smallest absolute Gasteiger partial charge is 0.261 e. The van der Waals surface area contributed by atoms with E-state index < -0.39 is 0 Å². The lowest BCUT2D eigenvalue weighted by atomic mass is 9.85. The molecule has 2 aromatic rings. The molecule has 3 rings (SSSR count). The van der Waals surface area contributed by atoms with Crippen molar-refractivity contribution in [2.45, 2.75) is 32.7 Å². The quantitative estimate of drug-likeness (QED) is 0.879. The van der Waals surface area contributed by atoms with Crippen LogP contribution < -0.4 is 10.6 Å². The predicted octanol–water partition coefficient (Wildman–Crippen LogP) is 3.73. The number of aryl methyl sites for hydroxylation is 1. The largest absolute Gasteiger partial charge is 0.347 e. The monoisotopic (exact) mass is 328 g/mol. The Morgan fingerprint density at radius 3 is 2.74 bits per heavy atom. The van der Waals surface area contributed by atoms with Gasteiger partial charge in [-0.3, -0.25) is 9.59 Å². The molecule has 0 unspecified atom stereocenters. The number of carbonyl (C=O) groups is 2. The van der Waals surface area contributed by atoms with Gasteiger partial charge in [-0.2, -0.15) is 0 Å². The van der Waals surface area contributed by atoms with Gasteiger partial charge in [0.1, 0.15) is 0 Å². The summed E-state index contributed by atoms with van der Waals surface area (Å²) in [5, 5.41) is 7.80. The number of hydrogen-bond acceptors (Lipinski definition) is 3. The topological polar surface area (TPSA) is 58.2 Å². The highest BCUT2D eigenvalue weighted by atomic mass is 32.1. The molecular weight excluding hydrogens is 308 g/mol. The van der Waals surface area contributed by atoms with Crippen LogP contribution in [-0.2, 0) is 11.3 Å². The molecule has 120 valence electrons. The molecule has 1 aliphatic carbocycles. The van der Waals surface area contributed by atoms with Crippen LogP contribution in [0.15, 0.2) is 35.7 Å². The van der Waals surface area contributed by atoms with Crippen LogP contribution in [-0.4, -0.2) is 11.8 Å². The van der Waals surface area contributed by atoms with Crippen molar-refractivity contribution in [3.05, 3.63) is 51.7 Å². The van der Waals surface area contributed by atoms with Crippen LogP contribution >= 0.6 is 11.3 Å². The van der Waals surface area contributed by atoms with Gasteiger partial charge in [-0.05, 0) is 54.5 Å². The normalized spacial score (nSPS) is 14.1. The van der Waals surface area contributed by atoms with Gasteiger partial charge in [-0.15, -0.1) is 11.3 Å². The first-order chi connectivity index (χ1) is 11.1. The first-order valence-corrected chi connectivity index (χ1v) is 8.73. The molecule has 1 fully saturated rings. The maximum absolute atomic E-state index is 12.1. The Morgan fingerprint density at radius 1 is 1.26 bits per heavy atom. The fourth-order valence-corrected chi connectivity index (χ4v) is 3.38. The Bertz CT molecular complexity index is 719. The minimum Gasteiger partial charge on any atom is -0.347 e. The number of anilines is 1. The van der Waals surface area contributed by atoms with Crippen molar-refractivity contribution >= 4 is 28.8 Å². The summed E-state index contributed by atoms with van der Waals surface area (Å²) < 4.78 is 0. The van der Waals surface area contributed by atoms with Crippen molar-refractivity contribution in [3.8, 4) is 0 Å². The Hall–Kier alpha value is -2.14. The third-order valence-electron chi connectivity index (χ3n) is 4.19. The highest BCUT2D eigenvalue weighted by Gasteiger charge is 2.25.